The van der Waals surface area contributed by atoms with Crippen LogP contribution < -0.4 is 5.73 Å². The van der Waals surface area contributed by atoms with Gasteiger partial charge in [-0.05, 0) is 46.1 Å². The number of nitriles is 1. The van der Waals surface area contributed by atoms with E-state index in [-0.39, 0.29) is 5.41 Å². The summed E-state index contributed by atoms with van der Waals surface area (Å²) in [6, 6.07) is 2.30. The fourth-order valence-corrected chi connectivity index (χ4v) is 1.11. The number of hydrogen-bond donors (Lipinski definition) is 1. The molecule has 0 bridgehead atoms. The van der Waals surface area contributed by atoms with Crippen LogP contribution in [0.25, 0.3) is 0 Å². The highest BCUT2D eigenvalue weighted by Crippen LogP contribution is 2.21. The van der Waals surface area contributed by atoms with Crippen LogP contribution >= 0.6 is 0 Å². The van der Waals surface area contributed by atoms with E-state index in [0.29, 0.717) is 6.54 Å². The van der Waals surface area contributed by atoms with Gasteiger partial charge in [-0.1, -0.05) is 0 Å². The van der Waals surface area contributed by atoms with E-state index in [2.05, 4.69) is 6.07 Å². The molecule has 82 valence electrons. The van der Waals surface area contributed by atoms with Crippen LogP contribution in [0.2, 0.25) is 0 Å². The Labute approximate surface area is 87.2 Å². The molecule has 0 aliphatic rings. The summed E-state index contributed by atoms with van der Waals surface area (Å²) < 4.78 is 5.36. The summed E-state index contributed by atoms with van der Waals surface area (Å²) >= 11 is 0. The maximum absolute atomic E-state index is 8.77. The normalized spacial score (nSPS) is 11.3. The minimum atomic E-state index is -0.183. The molecule has 0 aliphatic carbocycles. The lowest BCUT2D eigenvalue weighted by Gasteiger charge is -2.14. The van der Waals surface area contributed by atoms with Crippen LogP contribution in [0.5, 0.6) is 0 Å². The van der Waals surface area contributed by atoms with Gasteiger partial charge in [0.05, 0.1) is 11.5 Å². The third kappa shape index (κ3) is 8.03. The highest BCUT2D eigenvalue weighted by atomic mass is 16.5. The zero-order chi connectivity index (χ0) is 10.9. The first-order valence-electron chi connectivity index (χ1n) is 5.31. The van der Waals surface area contributed by atoms with Crippen LogP contribution in [0.4, 0.5) is 0 Å². The van der Waals surface area contributed by atoms with Gasteiger partial charge < -0.3 is 10.5 Å². The van der Waals surface area contributed by atoms with Crippen molar-refractivity contribution in [2.45, 2.75) is 39.5 Å². The van der Waals surface area contributed by atoms with Crippen LogP contribution in [-0.2, 0) is 4.74 Å². The van der Waals surface area contributed by atoms with E-state index in [1.54, 1.807) is 0 Å². The van der Waals surface area contributed by atoms with Crippen LogP contribution in [0, 0.1) is 16.7 Å². The summed E-state index contributed by atoms with van der Waals surface area (Å²) in [7, 11) is 0. The molecule has 14 heavy (non-hydrogen) atoms. The van der Waals surface area contributed by atoms with Crippen molar-refractivity contribution in [2.24, 2.45) is 11.1 Å². The van der Waals surface area contributed by atoms with Crippen LogP contribution in [0.3, 0.4) is 0 Å². The smallest absolute Gasteiger partial charge is 0.0683 e. The van der Waals surface area contributed by atoms with Crippen molar-refractivity contribution in [2.75, 3.05) is 19.8 Å². The predicted octanol–water partition coefficient (Wildman–Crippen LogP) is 2.07. The molecule has 0 radical (unpaired) electrons. The molecule has 0 saturated carbocycles. The number of nitrogens with two attached hydrogens (primary N) is 1. The summed E-state index contributed by atoms with van der Waals surface area (Å²) in [5, 5.41) is 8.77. The van der Waals surface area contributed by atoms with Gasteiger partial charge in [0.25, 0.3) is 0 Å². The van der Waals surface area contributed by atoms with Crippen molar-refractivity contribution in [3.63, 3.8) is 0 Å². The van der Waals surface area contributed by atoms with Gasteiger partial charge in [-0.2, -0.15) is 5.26 Å². The van der Waals surface area contributed by atoms with E-state index in [1.165, 1.54) is 0 Å². The standard InChI is InChI=1S/C11H22N2O/c1-11(2,10-13)6-3-4-8-14-9-5-7-12/h3-9,12H2,1-2H3. The van der Waals surface area contributed by atoms with Gasteiger partial charge in [-0.3, -0.25) is 0 Å². The Bertz CT molecular complexity index is 173. The number of nitrogens with zero attached hydrogens (tertiary/aromatic N) is 1. The number of hydrogen-bond acceptors (Lipinski definition) is 3. The predicted molar refractivity (Wildman–Crippen MR) is 57.7 cm³/mol. The third-order valence-corrected chi connectivity index (χ3v) is 2.14. The largest absolute Gasteiger partial charge is 0.381 e. The molecule has 0 unspecified atom stereocenters. The van der Waals surface area contributed by atoms with Crippen molar-refractivity contribution >= 4 is 0 Å². The second-order valence-electron chi connectivity index (χ2n) is 4.21. The molecule has 0 aliphatic heterocycles. The molecule has 0 fully saturated rings. The number of ether oxygens (including phenoxy) is 1. The maximum Gasteiger partial charge on any atom is 0.0683 e. The fraction of sp³-hybridized carbons (Fsp3) is 0.909. The average Bonchev–Trinajstić information content (AvgIpc) is 2.16. The first kappa shape index (κ1) is 13.4. The molecular formula is C11H22N2O. The Balaban J connectivity index is 3.18. The minimum absolute atomic E-state index is 0.183. The summed E-state index contributed by atoms with van der Waals surface area (Å²) in [6.07, 6.45) is 3.98. The molecular weight excluding hydrogens is 176 g/mol. The molecule has 0 amide bonds. The average molecular weight is 198 g/mol. The van der Waals surface area contributed by atoms with Gasteiger partial charge in [0, 0.05) is 13.2 Å². The van der Waals surface area contributed by atoms with Crippen molar-refractivity contribution in [3.05, 3.63) is 0 Å². The lowest BCUT2D eigenvalue weighted by Crippen LogP contribution is -2.08. The topological polar surface area (TPSA) is 59.0 Å². The molecule has 0 saturated heterocycles. The minimum Gasteiger partial charge on any atom is -0.381 e. The van der Waals surface area contributed by atoms with E-state index >= 15 is 0 Å². The first-order valence-corrected chi connectivity index (χ1v) is 5.31. The highest BCUT2D eigenvalue weighted by molar-refractivity contribution is 4.91. The lowest BCUT2D eigenvalue weighted by atomic mass is 9.89. The highest BCUT2D eigenvalue weighted by Gasteiger charge is 2.15. The summed E-state index contributed by atoms with van der Waals surface area (Å²) in [5.41, 5.74) is 5.15. The van der Waals surface area contributed by atoms with E-state index in [0.717, 1.165) is 38.9 Å². The Morgan fingerprint density at radius 1 is 1.21 bits per heavy atom. The number of rotatable bonds is 8. The zero-order valence-electron chi connectivity index (χ0n) is 9.38. The zero-order valence-corrected chi connectivity index (χ0v) is 9.38. The molecule has 0 spiro atoms. The molecule has 0 aromatic heterocycles. The Morgan fingerprint density at radius 3 is 2.43 bits per heavy atom. The van der Waals surface area contributed by atoms with Crippen LogP contribution in [0.1, 0.15) is 39.5 Å². The van der Waals surface area contributed by atoms with Crippen molar-refractivity contribution < 1.29 is 4.74 Å². The Morgan fingerprint density at radius 2 is 1.86 bits per heavy atom. The molecule has 2 N–H and O–H groups in total. The Hall–Kier alpha value is -0.590. The van der Waals surface area contributed by atoms with Gasteiger partial charge in [0.2, 0.25) is 0 Å². The van der Waals surface area contributed by atoms with Crippen molar-refractivity contribution in [1.82, 2.24) is 0 Å². The van der Waals surface area contributed by atoms with Crippen LogP contribution in [-0.4, -0.2) is 19.8 Å². The van der Waals surface area contributed by atoms with Crippen molar-refractivity contribution in [3.8, 4) is 6.07 Å². The molecule has 0 aromatic carbocycles. The molecule has 0 aromatic rings. The van der Waals surface area contributed by atoms with Gasteiger partial charge in [0.1, 0.15) is 0 Å². The van der Waals surface area contributed by atoms with Crippen molar-refractivity contribution in [1.29, 1.82) is 5.26 Å². The summed E-state index contributed by atoms with van der Waals surface area (Å²) in [6.45, 7) is 6.20. The third-order valence-electron chi connectivity index (χ3n) is 2.14. The second-order valence-corrected chi connectivity index (χ2v) is 4.21. The first-order chi connectivity index (χ1) is 6.62. The fourth-order valence-electron chi connectivity index (χ4n) is 1.11. The van der Waals surface area contributed by atoms with E-state index in [4.69, 9.17) is 15.7 Å². The molecule has 3 nitrogen and oxygen atoms in total. The molecule has 0 heterocycles. The SMILES string of the molecule is CC(C)(C#N)CCCCOCCCN. The molecule has 0 rings (SSSR count). The quantitative estimate of drug-likeness (QED) is 0.607. The molecule has 0 atom stereocenters. The van der Waals surface area contributed by atoms with Gasteiger partial charge in [-0.25, -0.2) is 0 Å². The molecule has 3 heteroatoms. The van der Waals surface area contributed by atoms with E-state index in [9.17, 15) is 0 Å². The monoisotopic (exact) mass is 198 g/mol. The van der Waals surface area contributed by atoms with E-state index < -0.39 is 0 Å². The van der Waals surface area contributed by atoms with Gasteiger partial charge in [-0.15, -0.1) is 0 Å². The number of unbranched alkanes of at least 4 members (excludes halogenated alkanes) is 1. The maximum atomic E-state index is 8.77. The summed E-state index contributed by atoms with van der Waals surface area (Å²) in [4.78, 5) is 0. The van der Waals surface area contributed by atoms with E-state index in [1.807, 2.05) is 13.8 Å². The Kier molecular flexibility index (Phi) is 7.45. The second kappa shape index (κ2) is 7.78. The van der Waals surface area contributed by atoms with Crippen LogP contribution in [0.15, 0.2) is 0 Å². The van der Waals surface area contributed by atoms with Gasteiger partial charge >= 0.3 is 0 Å². The summed E-state index contributed by atoms with van der Waals surface area (Å²) in [5.74, 6) is 0. The lowest BCUT2D eigenvalue weighted by molar-refractivity contribution is 0.127. The van der Waals surface area contributed by atoms with Gasteiger partial charge in [0.15, 0.2) is 0 Å².